The fourth-order valence-corrected chi connectivity index (χ4v) is 1.91. The standard InChI is InChI=1S/C15H26N2O6/c1-6-23-12(20)7-8-15(3,4)13(14(21)22-5)17-11(19)9-16-10(2)18/h13H,6-9H2,1-5H3,(H,16,18)(H,17,19)/t13-/m1/s1. The van der Waals surface area contributed by atoms with Gasteiger partial charge in [-0.25, -0.2) is 4.79 Å². The Hall–Kier alpha value is -2.12. The summed E-state index contributed by atoms with van der Waals surface area (Å²) in [7, 11) is 1.22. The van der Waals surface area contributed by atoms with Crippen molar-refractivity contribution in [1.82, 2.24) is 10.6 Å². The topological polar surface area (TPSA) is 111 Å². The molecule has 23 heavy (non-hydrogen) atoms. The molecule has 0 aromatic carbocycles. The molecule has 0 aliphatic rings. The zero-order valence-electron chi connectivity index (χ0n) is 14.4. The van der Waals surface area contributed by atoms with Crippen molar-refractivity contribution in [2.75, 3.05) is 20.3 Å². The van der Waals surface area contributed by atoms with Crippen LogP contribution in [0.5, 0.6) is 0 Å². The van der Waals surface area contributed by atoms with Gasteiger partial charge < -0.3 is 20.1 Å². The molecule has 0 rings (SSSR count). The molecule has 0 heterocycles. The van der Waals surface area contributed by atoms with E-state index in [0.717, 1.165) is 0 Å². The average molecular weight is 330 g/mol. The van der Waals surface area contributed by atoms with Crippen molar-refractivity contribution >= 4 is 23.8 Å². The number of methoxy groups -OCH3 is 1. The Bertz CT molecular complexity index is 447. The summed E-state index contributed by atoms with van der Waals surface area (Å²) in [5.41, 5.74) is -0.730. The molecule has 0 saturated heterocycles. The van der Waals surface area contributed by atoms with Crippen molar-refractivity contribution in [2.45, 2.75) is 46.6 Å². The predicted octanol–water partition coefficient (Wildman–Crippen LogP) is 0.150. The maximum Gasteiger partial charge on any atom is 0.328 e. The smallest absolute Gasteiger partial charge is 0.328 e. The van der Waals surface area contributed by atoms with E-state index in [1.807, 2.05) is 0 Å². The molecule has 0 bridgehead atoms. The van der Waals surface area contributed by atoms with Gasteiger partial charge in [-0.05, 0) is 18.8 Å². The maximum absolute atomic E-state index is 12.0. The number of ether oxygens (including phenoxy) is 2. The van der Waals surface area contributed by atoms with Crippen LogP contribution < -0.4 is 10.6 Å². The van der Waals surface area contributed by atoms with E-state index in [4.69, 9.17) is 9.47 Å². The number of carbonyl (C=O) groups excluding carboxylic acids is 4. The maximum atomic E-state index is 12.0. The Morgan fingerprint density at radius 3 is 2.26 bits per heavy atom. The van der Waals surface area contributed by atoms with Gasteiger partial charge in [0, 0.05) is 13.3 Å². The summed E-state index contributed by atoms with van der Waals surface area (Å²) in [6.07, 6.45) is 0.446. The molecule has 8 nitrogen and oxygen atoms in total. The van der Waals surface area contributed by atoms with Crippen molar-refractivity contribution in [3.05, 3.63) is 0 Å². The minimum Gasteiger partial charge on any atom is -0.467 e. The number of esters is 2. The highest BCUT2D eigenvalue weighted by molar-refractivity contribution is 5.88. The van der Waals surface area contributed by atoms with Crippen molar-refractivity contribution < 1.29 is 28.7 Å². The molecule has 0 saturated carbocycles. The van der Waals surface area contributed by atoms with E-state index in [1.54, 1.807) is 20.8 Å². The minimum absolute atomic E-state index is 0.121. The first kappa shape index (κ1) is 20.9. The van der Waals surface area contributed by atoms with E-state index in [2.05, 4.69) is 10.6 Å². The van der Waals surface area contributed by atoms with E-state index in [0.29, 0.717) is 6.42 Å². The van der Waals surface area contributed by atoms with Gasteiger partial charge in [0.25, 0.3) is 0 Å². The monoisotopic (exact) mass is 330 g/mol. The van der Waals surface area contributed by atoms with E-state index < -0.39 is 23.3 Å². The summed E-state index contributed by atoms with van der Waals surface area (Å²) in [6, 6.07) is -0.941. The molecule has 2 amide bonds. The lowest BCUT2D eigenvalue weighted by Gasteiger charge is -2.32. The molecular formula is C15H26N2O6. The Balaban J connectivity index is 4.85. The van der Waals surface area contributed by atoms with Gasteiger partial charge in [0.15, 0.2) is 0 Å². The van der Waals surface area contributed by atoms with E-state index in [9.17, 15) is 19.2 Å². The number of hydrogen-bond acceptors (Lipinski definition) is 6. The van der Waals surface area contributed by atoms with Crippen LogP contribution in [0.2, 0.25) is 0 Å². The lowest BCUT2D eigenvalue weighted by molar-refractivity contribution is -0.150. The lowest BCUT2D eigenvalue weighted by Crippen LogP contribution is -2.53. The number of carbonyl (C=O) groups is 4. The van der Waals surface area contributed by atoms with Crippen LogP contribution in [0.25, 0.3) is 0 Å². The summed E-state index contributed by atoms with van der Waals surface area (Å²) >= 11 is 0. The van der Waals surface area contributed by atoms with Gasteiger partial charge in [0.2, 0.25) is 11.8 Å². The first-order chi connectivity index (χ1) is 10.6. The van der Waals surface area contributed by atoms with Crippen LogP contribution in [0.1, 0.15) is 40.5 Å². The molecule has 8 heteroatoms. The van der Waals surface area contributed by atoms with Crippen molar-refractivity contribution in [2.24, 2.45) is 5.41 Å². The first-order valence-electron chi connectivity index (χ1n) is 7.41. The van der Waals surface area contributed by atoms with E-state index in [-0.39, 0.29) is 31.4 Å². The van der Waals surface area contributed by atoms with Gasteiger partial charge in [-0.2, -0.15) is 0 Å². The summed E-state index contributed by atoms with van der Waals surface area (Å²) < 4.78 is 9.58. The van der Waals surface area contributed by atoms with Crippen LogP contribution in [-0.2, 0) is 28.7 Å². The fourth-order valence-electron chi connectivity index (χ4n) is 1.91. The zero-order chi connectivity index (χ0) is 18.0. The van der Waals surface area contributed by atoms with Crippen molar-refractivity contribution in [1.29, 1.82) is 0 Å². The Kier molecular flexibility index (Phi) is 8.90. The predicted molar refractivity (Wildman–Crippen MR) is 82.3 cm³/mol. The van der Waals surface area contributed by atoms with Crippen molar-refractivity contribution in [3.63, 3.8) is 0 Å². The Labute approximate surface area is 136 Å². The summed E-state index contributed by atoms with van der Waals surface area (Å²) in [5.74, 6) is -1.85. The molecule has 0 spiro atoms. The quantitative estimate of drug-likeness (QED) is 0.582. The van der Waals surface area contributed by atoms with Crippen LogP contribution >= 0.6 is 0 Å². The first-order valence-corrected chi connectivity index (χ1v) is 7.41. The fraction of sp³-hybridized carbons (Fsp3) is 0.733. The molecule has 2 N–H and O–H groups in total. The van der Waals surface area contributed by atoms with E-state index >= 15 is 0 Å². The summed E-state index contributed by atoms with van der Waals surface area (Å²) in [4.78, 5) is 46.1. The number of amides is 2. The number of rotatable bonds is 9. The third kappa shape index (κ3) is 8.18. The number of nitrogens with one attached hydrogen (secondary N) is 2. The second kappa shape index (κ2) is 9.81. The average Bonchev–Trinajstić information content (AvgIpc) is 2.48. The van der Waals surface area contributed by atoms with Gasteiger partial charge in [-0.1, -0.05) is 13.8 Å². The molecule has 132 valence electrons. The lowest BCUT2D eigenvalue weighted by atomic mass is 9.80. The van der Waals surface area contributed by atoms with Gasteiger partial charge in [-0.3, -0.25) is 14.4 Å². The van der Waals surface area contributed by atoms with Crippen LogP contribution in [0, 0.1) is 5.41 Å². The zero-order valence-corrected chi connectivity index (χ0v) is 14.4. The SMILES string of the molecule is CCOC(=O)CCC(C)(C)[C@H](NC(=O)CNC(C)=O)C(=O)OC. The van der Waals surface area contributed by atoms with Gasteiger partial charge >= 0.3 is 11.9 Å². The molecule has 0 unspecified atom stereocenters. The minimum atomic E-state index is -0.941. The van der Waals surface area contributed by atoms with Crippen LogP contribution in [0.4, 0.5) is 0 Å². The third-order valence-electron chi connectivity index (χ3n) is 3.30. The Morgan fingerprint density at radius 1 is 1.17 bits per heavy atom. The highest BCUT2D eigenvalue weighted by Gasteiger charge is 2.37. The van der Waals surface area contributed by atoms with Crippen LogP contribution in [0.3, 0.4) is 0 Å². The highest BCUT2D eigenvalue weighted by Crippen LogP contribution is 2.28. The Morgan fingerprint density at radius 2 is 1.78 bits per heavy atom. The molecule has 0 aliphatic heterocycles. The molecular weight excluding hydrogens is 304 g/mol. The van der Waals surface area contributed by atoms with Crippen LogP contribution in [0.15, 0.2) is 0 Å². The molecule has 1 atom stereocenters. The highest BCUT2D eigenvalue weighted by atomic mass is 16.5. The second-order valence-electron chi connectivity index (χ2n) is 5.73. The van der Waals surface area contributed by atoms with Gasteiger partial charge in [-0.15, -0.1) is 0 Å². The van der Waals surface area contributed by atoms with Gasteiger partial charge in [0.1, 0.15) is 6.04 Å². The molecule has 0 aromatic heterocycles. The summed E-state index contributed by atoms with van der Waals surface area (Å²) in [5, 5.41) is 4.89. The third-order valence-corrected chi connectivity index (χ3v) is 3.30. The second-order valence-corrected chi connectivity index (χ2v) is 5.73. The molecule has 0 radical (unpaired) electrons. The van der Waals surface area contributed by atoms with E-state index in [1.165, 1.54) is 14.0 Å². The van der Waals surface area contributed by atoms with Crippen LogP contribution in [-0.4, -0.2) is 50.1 Å². The largest absolute Gasteiger partial charge is 0.467 e. The number of hydrogen-bond donors (Lipinski definition) is 2. The normalized spacial score (nSPS) is 12.0. The van der Waals surface area contributed by atoms with Crippen molar-refractivity contribution in [3.8, 4) is 0 Å². The summed E-state index contributed by atoms with van der Waals surface area (Å²) in [6.45, 7) is 6.53. The van der Waals surface area contributed by atoms with Gasteiger partial charge in [0.05, 0.1) is 20.3 Å². The molecule has 0 aliphatic carbocycles. The molecule has 0 fully saturated rings. The molecule has 0 aromatic rings.